The second kappa shape index (κ2) is 10.2. The molecule has 0 radical (unpaired) electrons. The number of aromatic nitrogens is 2. The van der Waals surface area contributed by atoms with Crippen LogP contribution >= 0.6 is 11.3 Å². The van der Waals surface area contributed by atoms with E-state index in [0.717, 1.165) is 47.3 Å². The smallest absolute Gasteiger partial charge is 0.217 e. The van der Waals surface area contributed by atoms with Crippen LogP contribution in [0.25, 0.3) is 0 Å². The summed E-state index contributed by atoms with van der Waals surface area (Å²) in [6.45, 7) is 7.08. The number of carbonyl (C=O) groups excluding carboxylic acids is 1. The lowest BCUT2D eigenvalue weighted by Gasteiger charge is -2.19. The summed E-state index contributed by atoms with van der Waals surface area (Å²) in [5.41, 5.74) is 7.57. The zero-order chi connectivity index (χ0) is 18.9. The predicted octanol–water partition coefficient (Wildman–Crippen LogP) is 3.46. The fourth-order valence-electron chi connectivity index (χ4n) is 2.83. The van der Waals surface area contributed by atoms with Crippen molar-refractivity contribution in [3.8, 4) is 0 Å². The number of carbonyl (C=O) groups is 1. The van der Waals surface area contributed by atoms with E-state index in [-0.39, 0.29) is 11.9 Å². The number of nitrogens with zero attached hydrogens (tertiary/aromatic N) is 2. The van der Waals surface area contributed by atoms with Gasteiger partial charge in [-0.25, -0.2) is 0 Å². The minimum absolute atomic E-state index is 0.0711. The number of benzene rings is 1. The molecule has 1 amide bonds. The van der Waals surface area contributed by atoms with Crippen molar-refractivity contribution in [2.75, 3.05) is 18.9 Å². The molecule has 0 saturated carbocycles. The summed E-state index contributed by atoms with van der Waals surface area (Å²) >= 11 is 1.59. The highest BCUT2D eigenvalue weighted by Gasteiger charge is 2.23. The molecule has 1 fully saturated rings. The van der Waals surface area contributed by atoms with Gasteiger partial charge in [0.05, 0.1) is 6.04 Å². The van der Waals surface area contributed by atoms with Crippen LogP contribution in [0, 0.1) is 0 Å². The molecule has 2 heterocycles. The number of anilines is 1. The molecule has 142 valence electrons. The molecule has 0 spiro atoms. The molecule has 0 bridgehead atoms. The van der Waals surface area contributed by atoms with Crippen LogP contribution in [0.15, 0.2) is 24.3 Å². The van der Waals surface area contributed by atoms with E-state index in [2.05, 4.69) is 15.5 Å². The SMILES string of the molecule is CC.CC(=O)NC(Cc1ccc(N)cc1)c1nnc(C2CCOCC2)s1. The number of hydrogen-bond acceptors (Lipinski definition) is 6. The zero-order valence-electron chi connectivity index (χ0n) is 15.7. The van der Waals surface area contributed by atoms with Crippen LogP contribution in [-0.2, 0) is 16.0 Å². The Labute approximate surface area is 159 Å². The van der Waals surface area contributed by atoms with Crippen molar-refractivity contribution in [3.63, 3.8) is 0 Å². The third-order valence-electron chi connectivity index (χ3n) is 4.12. The molecular formula is C19H28N4O2S. The van der Waals surface area contributed by atoms with Crippen LogP contribution < -0.4 is 11.1 Å². The molecule has 1 aliphatic heterocycles. The van der Waals surface area contributed by atoms with Crippen LogP contribution in [0.5, 0.6) is 0 Å². The van der Waals surface area contributed by atoms with Gasteiger partial charge in [0.2, 0.25) is 5.91 Å². The van der Waals surface area contributed by atoms with Gasteiger partial charge in [-0.1, -0.05) is 37.3 Å². The van der Waals surface area contributed by atoms with Crippen molar-refractivity contribution >= 4 is 22.9 Å². The molecule has 6 nitrogen and oxygen atoms in total. The quantitative estimate of drug-likeness (QED) is 0.780. The number of amides is 1. The van der Waals surface area contributed by atoms with Gasteiger partial charge in [0.15, 0.2) is 0 Å². The highest BCUT2D eigenvalue weighted by Crippen LogP contribution is 2.31. The first-order valence-electron chi connectivity index (χ1n) is 9.14. The third-order valence-corrected chi connectivity index (χ3v) is 5.32. The molecule has 1 saturated heterocycles. The highest BCUT2D eigenvalue weighted by atomic mass is 32.1. The molecular weight excluding hydrogens is 348 g/mol. The largest absolute Gasteiger partial charge is 0.399 e. The first-order valence-corrected chi connectivity index (χ1v) is 9.96. The maximum absolute atomic E-state index is 11.6. The van der Waals surface area contributed by atoms with Gasteiger partial charge in [-0.3, -0.25) is 4.79 Å². The molecule has 1 aliphatic rings. The van der Waals surface area contributed by atoms with E-state index in [1.165, 1.54) is 6.92 Å². The van der Waals surface area contributed by atoms with Crippen molar-refractivity contribution in [2.45, 2.75) is 52.0 Å². The number of ether oxygens (including phenoxy) is 1. The van der Waals surface area contributed by atoms with Gasteiger partial charge in [-0.05, 0) is 37.0 Å². The number of hydrogen-bond donors (Lipinski definition) is 2. The molecule has 3 rings (SSSR count). The number of nitrogen functional groups attached to an aromatic ring is 1. The van der Waals surface area contributed by atoms with Crippen molar-refractivity contribution in [1.82, 2.24) is 15.5 Å². The van der Waals surface area contributed by atoms with Gasteiger partial charge >= 0.3 is 0 Å². The van der Waals surface area contributed by atoms with E-state index in [9.17, 15) is 4.79 Å². The first-order chi connectivity index (χ1) is 12.6. The van der Waals surface area contributed by atoms with Crippen LogP contribution in [0.4, 0.5) is 5.69 Å². The van der Waals surface area contributed by atoms with Crippen LogP contribution in [0.2, 0.25) is 0 Å². The summed E-state index contributed by atoms with van der Waals surface area (Å²) in [7, 11) is 0. The van der Waals surface area contributed by atoms with Gasteiger partial charge in [-0.15, -0.1) is 10.2 Å². The average molecular weight is 377 g/mol. The average Bonchev–Trinajstić information content (AvgIpc) is 3.15. The van der Waals surface area contributed by atoms with E-state index in [1.807, 2.05) is 38.1 Å². The van der Waals surface area contributed by atoms with E-state index in [0.29, 0.717) is 12.3 Å². The minimum atomic E-state index is -0.169. The summed E-state index contributed by atoms with van der Waals surface area (Å²) in [4.78, 5) is 11.6. The Bertz CT molecular complexity index is 681. The third kappa shape index (κ3) is 5.78. The van der Waals surface area contributed by atoms with Crippen LogP contribution in [0.1, 0.15) is 61.2 Å². The monoisotopic (exact) mass is 376 g/mol. The second-order valence-electron chi connectivity index (χ2n) is 6.06. The molecule has 1 atom stereocenters. The highest BCUT2D eigenvalue weighted by molar-refractivity contribution is 7.11. The number of nitrogens with two attached hydrogens (primary N) is 1. The second-order valence-corrected chi connectivity index (χ2v) is 7.10. The van der Waals surface area contributed by atoms with E-state index < -0.39 is 0 Å². The van der Waals surface area contributed by atoms with Crippen LogP contribution in [0.3, 0.4) is 0 Å². The van der Waals surface area contributed by atoms with Crippen molar-refractivity contribution in [1.29, 1.82) is 0 Å². The summed E-state index contributed by atoms with van der Waals surface area (Å²) < 4.78 is 5.41. The summed E-state index contributed by atoms with van der Waals surface area (Å²) in [6.07, 6.45) is 2.64. The lowest BCUT2D eigenvalue weighted by Crippen LogP contribution is -2.27. The Morgan fingerprint density at radius 1 is 1.27 bits per heavy atom. The maximum Gasteiger partial charge on any atom is 0.217 e. The van der Waals surface area contributed by atoms with Crippen molar-refractivity contribution in [3.05, 3.63) is 39.8 Å². The molecule has 0 aliphatic carbocycles. The topological polar surface area (TPSA) is 90.1 Å². The number of rotatable bonds is 5. The first kappa shape index (κ1) is 20.3. The van der Waals surface area contributed by atoms with Crippen molar-refractivity contribution < 1.29 is 9.53 Å². The molecule has 1 aromatic heterocycles. The summed E-state index contributed by atoms with van der Waals surface area (Å²) in [5.74, 6) is 0.345. The van der Waals surface area contributed by atoms with E-state index in [1.54, 1.807) is 11.3 Å². The lowest BCUT2D eigenvalue weighted by molar-refractivity contribution is -0.119. The minimum Gasteiger partial charge on any atom is -0.399 e. The van der Waals surface area contributed by atoms with Gasteiger partial charge < -0.3 is 15.8 Å². The molecule has 1 aromatic carbocycles. The fraction of sp³-hybridized carbons (Fsp3) is 0.526. The lowest BCUT2D eigenvalue weighted by atomic mass is 10.0. The normalized spacial score (nSPS) is 15.7. The van der Waals surface area contributed by atoms with Gasteiger partial charge in [-0.2, -0.15) is 0 Å². The molecule has 26 heavy (non-hydrogen) atoms. The van der Waals surface area contributed by atoms with Gasteiger partial charge in [0.1, 0.15) is 10.0 Å². The Kier molecular flexibility index (Phi) is 8.00. The van der Waals surface area contributed by atoms with Crippen molar-refractivity contribution in [2.24, 2.45) is 0 Å². The fourth-order valence-corrected chi connectivity index (χ4v) is 3.90. The standard InChI is InChI=1S/C17H22N4O2S.C2H6/c1-11(22)19-15(10-12-2-4-14(18)5-3-12)17-21-20-16(24-17)13-6-8-23-9-7-13;1-2/h2-5,13,15H,6-10,18H2,1H3,(H,19,22);1-2H3. The number of nitrogens with one attached hydrogen (secondary N) is 1. The Morgan fingerprint density at radius 2 is 1.92 bits per heavy atom. The molecule has 1 unspecified atom stereocenters. The van der Waals surface area contributed by atoms with Gasteiger partial charge in [0.25, 0.3) is 0 Å². The Hall–Kier alpha value is -1.99. The molecule has 7 heteroatoms. The zero-order valence-corrected chi connectivity index (χ0v) is 16.5. The van der Waals surface area contributed by atoms with Crippen LogP contribution in [-0.4, -0.2) is 29.3 Å². The summed E-state index contributed by atoms with van der Waals surface area (Å²) in [6, 6.07) is 7.52. The van der Waals surface area contributed by atoms with Gasteiger partial charge in [0, 0.05) is 31.7 Å². The molecule has 3 N–H and O–H groups in total. The molecule has 2 aromatic rings. The maximum atomic E-state index is 11.6. The Balaban J connectivity index is 0.00000117. The van der Waals surface area contributed by atoms with E-state index >= 15 is 0 Å². The predicted molar refractivity (Wildman–Crippen MR) is 105 cm³/mol. The summed E-state index contributed by atoms with van der Waals surface area (Å²) in [5, 5.41) is 13.6. The Morgan fingerprint density at radius 3 is 2.54 bits per heavy atom. The van der Waals surface area contributed by atoms with E-state index in [4.69, 9.17) is 10.5 Å².